The van der Waals surface area contributed by atoms with Crippen molar-refractivity contribution in [2.75, 3.05) is 4.72 Å². The molecule has 2 rings (SSSR count). The van der Waals surface area contributed by atoms with Crippen LogP contribution in [0.15, 0.2) is 48.5 Å². The summed E-state index contributed by atoms with van der Waals surface area (Å²) in [6, 6.07) is 12.5. The summed E-state index contributed by atoms with van der Waals surface area (Å²) in [5.74, 6) is -1.48. The van der Waals surface area contributed by atoms with Crippen molar-refractivity contribution >= 4 is 33.3 Å². The van der Waals surface area contributed by atoms with Gasteiger partial charge in [0, 0.05) is 5.02 Å². The number of aromatic carboxylic acids is 1. The molecular weight excluding hydrogens is 314 g/mol. The molecule has 0 aliphatic heterocycles. The first kappa shape index (κ1) is 15.3. The maximum atomic E-state index is 12.1. The van der Waals surface area contributed by atoms with Crippen LogP contribution >= 0.6 is 11.6 Å². The molecular formula is C14H12ClNO4S. The van der Waals surface area contributed by atoms with Gasteiger partial charge in [-0.1, -0.05) is 41.9 Å². The first-order chi connectivity index (χ1) is 9.87. The Kier molecular flexibility index (Phi) is 4.50. The predicted octanol–water partition coefficient (Wildman–Crippen LogP) is 2.98. The molecule has 0 radical (unpaired) electrons. The first-order valence-corrected chi connectivity index (χ1v) is 7.98. The van der Waals surface area contributed by atoms with Crippen molar-refractivity contribution in [2.45, 2.75) is 5.75 Å². The molecule has 0 aliphatic carbocycles. The summed E-state index contributed by atoms with van der Waals surface area (Å²) in [4.78, 5) is 11.1. The second-order valence-electron chi connectivity index (χ2n) is 4.34. The fourth-order valence-corrected chi connectivity index (χ4v) is 3.16. The highest BCUT2D eigenvalue weighted by atomic mass is 35.5. The molecule has 2 aromatic carbocycles. The number of benzene rings is 2. The number of hydrogen-bond donors (Lipinski definition) is 2. The third-order valence-corrected chi connectivity index (χ3v) is 4.16. The van der Waals surface area contributed by atoms with Crippen LogP contribution in [0.3, 0.4) is 0 Å². The van der Waals surface area contributed by atoms with Gasteiger partial charge in [-0.25, -0.2) is 13.2 Å². The van der Waals surface area contributed by atoms with Crippen LogP contribution < -0.4 is 4.72 Å². The zero-order valence-electron chi connectivity index (χ0n) is 10.8. The highest BCUT2D eigenvalue weighted by Gasteiger charge is 2.17. The molecule has 110 valence electrons. The van der Waals surface area contributed by atoms with E-state index >= 15 is 0 Å². The molecule has 0 bridgehead atoms. The van der Waals surface area contributed by atoms with Crippen molar-refractivity contribution in [1.82, 2.24) is 0 Å². The molecule has 0 amide bonds. The second-order valence-corrected chi connectivity index (χ2v) is 6.50. The van der Waals surface area contributed by atoms with Crippen LogP contribution in [-0.4, -0.2) is 19.5 Å². The minimum Gasteiger partial charge on any atom is -0.478 e. The van der Waals surface area contributed by atoms with Gasteiger partial charge in [-0.3, -0.25) is 4.72 Å². The molecule has 2 aromatic rings. The highest BCUT2D eigenvalue weighted by Crippen LogP contribution is 2.23. The topological polar surface area (TPSA) is 83.5 Å². The number of rotatable bonds is 5. The lowest BCUT2D eigenvalue weighted by molar-refractivity contribution is 0.0698. The predicted molar refractivity (Wildman–Crippen MR) is 81.1 cm³/mol. The molecule has 0 atom stereocenters. The van der Waals surface area contributed by atoms with Gasteiger partial charge >= 0.3 is 5.97 Å². The molecule has 7 heteroatoms. The fourth-order valence-electron chi connectivity index (χ4n) is 1.78. The van der Waals surface area contributed by atoms with Gasteiger partial charge in [-0.2, -0.15) is 0 Å². The Bertz CT molecular complexity index is 760. The summed E-state index contributed by atoms with van der Waals surface area (Å²) in [6.07, 6.45) is 0. The van der Waals surface area contributed by atoms with Crippen LogP contribution in [0.1, 0.15) is 15.9 Å². The summed E-state index contributed by atoms with van der Waals surface area (Å²) in [6.45, 7) is 0. The average Bonchev–Trinajstić information content (AvgIpc) is 2.38. The fraction of sp³-hybridized carbons (Fsp3) is 0.0714. The van der Waals surface area contributed by atoms with Crippen molar-refractivity contribution in [1.29, 1.82) is 0 Å². The SMILES string of the molecule is O=C(O)c1ccc(Cl)cc1NS(=O)(=O)Cc1ccccc1. The van der Waals surface area contributed by atoms with Crippen LogP contribution in [-0.2, 0) is 15.8 Å². The number of carbonyl (C=O) groups is 1. The van der Waals surface area contributed by atoms with Gasteiger partial charge in [0.25, 0.3) is 0 Å². The minimum atomic E-state index is -3.73. The van der Waals surface area contributed by atoms with Gasteiger partial charge in [0.2, 0.25) is 10.0 Å². The molecule has 0 aliphatic rings. The molecule has 21 heavy (non-hydrogen) atoms. The Balaban J connectivity index is 2.28. The number of anilines is 1. The van der Waals surface area contributed by atoms with Crippen molar-refractivity contribution in [3.63, 3.8) is 0 Å². The summed E-state index contributed by atoms with van der Waals surface area (Å²) < 4.78 is 26.5. The quantitative estimate of drug-likeness (QED) is 0.885. The minimum absolute atomic E-state index is 0.0501. The number of nitrogens with one attached hydrogen (secondary N) is 1. The lowest BCUT2D eigenvalue weighted by atomic mass is 10.2. The van der Waals surface area contributed by atoms with Gasteiger partial charge in [0.15, 0.2) is 0 Å². The van der Waals surface area contributed by atoms with E-state index < -0.39 is 16.0 Å². The monoisotopic (exact) mass is 325 g/mol. The highest BCUT2D eigenvalue weighted by molar-refractivity contribution is 7.91. The average molecular weight is 326 g/mol. The third-order valence-electron chi connectivity index (χ3n) is 2.68. The largest absolute Gasteiger partial charge is 0.478 e. The summed E-state index contributed by atoms with van der Waals surface area (Å²) in [5, 5.41) is 9.31. The van der Waals surface area contributed by atoms with Crippen molar-refractivity contribution in [3.05, 3.63) is 64.7 Å². The number of sulfonamides is 1. The van der Waals surface area contributed by atoms with Crippen molar-refractivity contribution in [3.8, 4) is 0 Å². The molecule has 0 fully saturated rings. The first-order valence-electron chi connectivity index (χ1n) is 5.95. The Morgan fingerprint density at radius 1 is 1.14 bits per heavy atom. The number of hydrogen-bond acceptors (Lipinski definition) is 3. The van der Waals surface area contributed by atoms with E-state index in [4.69, 9.17) is 16.7 Å². The van der Waals surface area contributed by atoms with Crippen LogP contribution in [0.5, 0.6) is 0 Å². The standard InChI is InChI=1S/C14H12ClNO4S/c15-11-6-7-12(14(17)18)13(8-11)16-21(19,20)9-10-4-2-1-3-5-10/h1-8,16H,9H2,(H,17,18). The number of carboxylic acids is 1. The Labute approximate surface area is 127 Å². The molecule has 0 saturated carbocycles. The maximum absolute atomic E-state index is 12.1. The second kappa shape index (κ2) is 6.15. The van der Waals surface area contributed by atoms with E-state index in [1.807, 2.05) is 0 Å². The van der Waals surface area contributed by atoms with Gasteiger partial charge in [-0.05, 0) is 23.8 Å². The third kappa shape index (κ3) is 4.21. The van der Waals surface area contributed by atoms with E-state index in [0.717, 1.165) is 0 Å². The van der Waals surface area contributed by atoms with E-state index in [1.54, 1.807) is 30.3 Å². The van der Waals surface area contributed by atoms with Gasteiger partial charge in [0.1, 0.15) is 0 Å². The van der Waals surface area contributed by atoms with E-state index in [2.05, 4.69) is 4.72 Å². The molecule has 0 spiro atoms. The van der Waals surface area contributed by atoms with Crippen molar-refractivity contribution < 1.29 is 18.3 Å². The van der Waals surface area contributed by atoms with E-state index in [-0.39, 0.29) is 22.0 Å². The molecule has 0 unspecified atom stereocenters. The zero-order valence-corrected chi connectivity index (χ0v) is 12.4. The van der Waals surface area contributed by atoms with Crippen LogP contribution in [0.2, 0.25) is 5.02 Å². The summed E-state index contributed by atoms with van der Waals surface area (Å²) in [7, 11) is -3.73. The van der Waals surface area contributed by atoms with Crippen molar-refractivity contribution in [2.24, 2.45) is 0 Å². The zero-order chi connectivity index (χ0) is 15.5. The number of halogens is 1. The van der Waals surface area contributed by atoms with E-state index in [0.29, 0.717) is 5.56 Å². The Morgan fingerprint density at radius 2 is 1.81 bits per heavy atom. The van der Waals surface area contributed by atoms with Crippen LogP contribution in [0, 0.1) is 0 Å². The van der Waals surface area contributed by atoms with Gasteiger partial charge in [0.05, 0.1) is 17.0 Å². The summed E-state index contributed by atoms with van der Waals surface area (Å²) in [5.41, 5.74) is 0.394. The lowest BCUT2D eigenvalue weighted by Crippen LogP contribution is -2.17. The normalized spacial score (nSPS) is 11.1. The molecule has 2 N–H and O–H groups in total. The lowest BCUT2D eigenvalue weighted by Gasteiger charge is -2.11. The Hall–Kier alpha value is -2.05. The van der Waals surface area contributed by atoms with E-state index in [1.165, 1.54) is 18.2 Å². The Morgan fingerprint density at radius 3 is 2.43 bits per heavy atom. The van der Waals surface area contributed by atoms with Gasteiger partial charge in [-0.15, -0.1) is 0 Å². The van der Waals surface area contributed by atoms with E-state index in [9.17, 15) is 13.2 Å². The smallest absolute Gasteiger partial charge is 0.337 e. The molecule has 0 heterocycles. The molecule has 0 saturated heterocycles. The number of carboxylic acid groups (broad SMARTS) is 1. The molecule has 0 aromatic heterocycles. The summed E-state index contributed by atoms with van der Waals surface area (Å²) >= 11 is 5.78. The maximum Gasteiger partial charge on any atom is 0.337 e. The van der Waals surface area contributed by atoms with Crippen LogP contribution in [0.4, 0.5) is 5.69 Å². The van der Waals surface area contributed by atoms with Gasteiger partial charge < -0.3 is 5.11 Å². The molecule has 5 nitrogen and oxygen atoms in total. The van der Waals surface area contributed by atoms with Crippen LogP contribution in [0.25, 0.3) is 0 Å².